The first kappa shape index (κ1) is 11.0. The van der Waals surface area contributed by atoms with E-state index >= 15 is 0 Å². The van der Waals surface area contributed by atoms with E-state index in [1.54, 1.807) is 0 Å². The predicted molar refractivity (Wildman–Crippen MR) is 74.7 cm³/mol. The van der Waals surface area contributed by atoms with Crippen molar-refractivity contribution in [2.45, 2.75) is 19.9 Å². The number of rotatable bonds is 2. The molecule has 0 saturated carbocycles. The number of para-hydroxylation sites is 2. The van der Waals surface area contributed by atoms with Crippen molar-refractivity contribution in [2.24, 2.45) is 0 Å². The molecule has 1 heterocycles. The Bertz CT molecular complexity index is 668. The lowest BCUT2D eigenvalue weighted by Crippen LogP contribution is -2.08. The third-order valence-electron chi connectivity index (χ3n) is 3.44. The van der Waals surface area contributed by atoms with Gasteiger partial charge in [0.2, 0.25) is 0 Å². The van der Waals surface area contributed by atoms with Gasteiger partial charge in [-0.25, -0.2) is 4.98 Å². The Morgan fingerprint density at radius 1 is 0.944 bits per heavy atom. The SMILES string of the molecule is Cc1nc2ccccc2n1[C@H](C)c1ccccc1. The third-order valence-corrected chi connectivity index (χ3v) is 3.44. The van der Waals surface area contributed by atoms with Crippen LogP contribution in [0.2, 0.25) is 0 Å². The first-order chi connectivity index (χ1) is 8.77. The van der Waals surface area contributed by atoms with E-state index in [2.05, 4.69) is 71.9 Å². The maximum absolute atomic E-state index is 4.62. The Balaban J connectivity index is 2.17. The molecule has 0 fully saturated rings. The molecule has 0 unspecified atom stereocenters. The maximum Gasteiger partial charge on any atom is 0.107 e. The molecule has 2 nitrogen and oxygen atoms in total. The van der Waals surface area contributed by atoms with E-state index in [-0.39, 0.29) is 0 Å². The quantitative estimate of drug-likeness (QED) is 0.658. The van der Waals surface area contributed by atoms with Crippen LogP contribution in [0.4, 0.5) is 0 Å². The van der Waals surface area contributed by atoms with Crippen LogP contribution in [0.3, 0.4) is 0 Å². The van der Waals surface area contributed by atoms with Gasteiger partial charge in [0, 0.05) is 0 Å². The average molecular weight is 236 g/mol. The van der Waals surface area contributed by atoms with E-state index in [9.17, 15) is 0 Å². The Morgan fingerprint density at radius 3 is 2.39 bits per heavy atom. The van der Waals surface area contributed by atoms with Gasteiger partial charge in [0.1, 0.15) is 5.82 Å². The molecule has 0 aliphatic carbocycles. The highest BCUT2D eigenvalue weighted by atomic mass is 15.1. The molecule has 1 atom stereocenters. The number of hydrogen-bond acceptors (Lipinski definition) is 1. The smallest absolute Gasteiger partial charge is 0.107 e. The van der Waals surface area contributed by atoms with Crippen LogP contribution in [0.15, 0.2) is 54.6 Å². The second-order valence-corrected chi connectivity index (χ2v) is 4.60. The van der Waals surface area contributed by atoms with Crippen molar-refractivity contribution in [3.63, 3.8) is 0 Å². The van der Waals surface area contributed by atoms with Gasteiger partial charge in [-0.05, 0) is 31.5 Å². The number of aryl methyl sites for hydroxylation is 1. The minimum absolute atomic E-state index is 0.304. The van der Waals surface area contributed by atoms with Gasteiger partial charge in [0.25, 0.3) is 0 Å². The number of benzene rings is 2. The highest BCUT2D eigenvalue weighted by molar-refractivity contribution is 5.76. The first-order valence-electron chi connectivity index (χ1n) is 6.26. The lowest BCUT2D eigenvalue weighted by Gasteiger charge is -2.16. The van der Waals surface area contributed by atoms with Crippen LogP contribution >= 0.6 is 0 Å². The van der Waals surface area contributed by atoms with Gasteiger partial charge in [-0.3, -0.25) is 0 Å². The van der Waals surface area contributed by atoms with Gasteiger partial charge in [-0.2, -0.15) is 0 Å². The second-order valence-electron chi connectivity index (χ2n) is 4.60. The summed E-state index contributed by atoms with van der Waals surface area (Å²) in [5.41, 5.74) is 3.58. The zero-order valence-corrected chi connectivity index (χ0v) is 10.7. The summed E-state index contributed by atoms with van der Waals surface area (Å²) in [6, 6.07) is 19.2. The van der Waals surface area contributed by atoms with Gasteiger partial charge < -0.3 is 4.57 Å². The van der Waals surface area contributed by atoms with Crippen LogP contribution in [0.1, 0.15) is 24.4 Å². The van der Waals surface area contributed by atoms with Crippen LogP contribution < -0.4 is 0 Å². The van der Waals surface area contributed by atoms with E-state index in [1.165, 1.54) is 11.1 Å². The molecule has 3 rings (SSSR count). The lowest BCUT2D eigenvalue weighted by molar-refractivity contribution is 0.637. The van der Waals surface area contributed by atoms with Crippen molar-refractivity contribution in [3.8, 4) is 0 Å². The van der Waals surface area contributed by atoms with E-state index < -0.39 is 0 Å². The highest BCUT2D eigenvalue weighted by Gasteiger charge is 2.13. The maximum atomic E-state index is 4.62. The lowest BCUT2D eigenvalue weighted by atomic mass is 10.1. The van der Waals surface area contributed by atoms with Crippen molar-refractivity contribution in [3.05, 3.63) is 66.0 Å². The molecule has 0 aliphatic heterocycles. The van der Waals surface area contributed by atoms with Crippen LogP contribution in [-0.2, 0) is 0 Å². The van der Waals surface area contributed by atoms with Crippen LogP contribution in [-0.4, -0.2) is 9.55 Å². The number of nitrogens with zero attached hydrogens (tertiary/aromatic N) is 2. The summed E-state index contributed by atoms with van der Waals surface area (Å²) < 4.78 is 2.30. The molecule has 0 saturated heterocycles. The molecule has 0 spiro atoms. The van der Waals surface area contributed by atoms with Gasteiger partial charge >= 0.3 is 0 Å². The zero-order chi connectivity index (χ0) is 12.5. The molecular weight excluding hydrogens is 220 g/mol. The molecule has 1 aromatic heterocycles. The van der Waals surface area contributed by atoms with Crippen LogP contribution in [0.25, 0.3) is 11.0 Å². The molecule has 0 aliphatic rings. The Hall–Kier alpha value is -2.09. The Kier molecular flexibility index (Phi) is 2.63. The highest BCUT2D eigenvalue weighted by Crippen LogP contribution is 2.25. The zero-order valence-electron chi connectivity index (χ0n) is 10.7. The van der Waals surface area contributed by atoms with Crippen molar-refractivity contribution in [2.75, 3.05) is 0 Å². The van der Waals surface area contributed by atoms with Crippen molar-refractivity contribution < 1.29 is 0 Å². The molecule has 0 radical (unpaired) electrons. The Morgan fingerprint density at radius 2 is 1.61 bits per heavy atom. The van der Waals surface area contributed by atoms with E-state index in [4.69, 9.17) is 0 Å². The van der Waals surface area contributed by atoms with Crippen molar-refractivity contribution in [1.82, 2.24) is 9.55 Å². The van der Waals surface area contributed by atoms with Gasteiger partial charge in [-0.15, -0.1) is 0 Å². The predicted octanol–water partition coefficient (Wildman–Crippen LogP) is 3.95. The summed E-state index contributed by atoms with van der Waals surface area (Å²) in [5.74, 6) is 1.06. The van der Waals surface area contributed by atoms with Gasteiger partial charge in [0.05, 0.1) is 17.1 Å². The molecule has 3 aromatic rings. The monoisotopic (exact) mass is 236 g/mol. The van der Waals surface area contributed by atoms with E-state index in [1.807, 2.05) is 6.07 Å². The first-order valence-corrected chi connectivity index (χ1v) is 6.26. The fourth-order valence-electron chi connectivity index (χ4n) is 2.53. The van der Waals surface area contributed by atoms with Crippen molar-refractivity contribution >= 4 is 11.0 Å². The molecule has 2 aromatic carbocycles. The summed E-state index contributed by atoms with van der Waals surface area (Å²) in [4.78, 5) is 4.62. The standard InChI is InChI=1S/C16H16N2/c1-12(14-8-4-3-5-9-14)18-13(2)17-15-10-6-7-11-16(15)18/h3-12H,1-2H3/t12-/m1/s1. The molecule has 18 heavy (non-hydrogen) atoms. The fraction of sp³-hybridized carbons (Fsp3) is 0.188. The topological polar surface area (TPSA) is 17.8 Å². The molecule has 2 heteroatoms. The average Bonchev–Trinajstić information content (AvgIpc) is 2.75. The summed E-state index contributed by atoms with van der Waals surface area (Å²) in [7, 11) is 0. The second kappa shape index (κ2) is 4.30. The molecule has 0 amide bonds. The normalized spacial score (nSPS) is 12.8. The van der Waals surface area contributed by atoms with Gasteiger partial charge in [0.15, 0.2) is 0 Å². The number of fused-ring (bicyclic) bond motifs is 1. The number of aromatic nitrogens is 2. The fourth-order valence-corrected chi connectivity index (χ4v) is 2.53. The Labute approximate surface area is 107 Å². The largest absolute Gasteiger partial charge is 0.321 e. The minimum atomic E-state index is 0.304. The van der Waals surface area contributed by atoms with Crippen molar-refractivity contribution in [1.29, 1.82) is 0 Å². The number of hydrogen-bond donors (Lipinski definition) is 0. The third kappa shape index (κ3) is 1.70. The van der Waals surface area contributed by atoms with Gasteiger partial charge in [-0.1, -0.05) is 42.5 Å². The number of imidazole rings is 1. The summed E-state index contributed by atoms with van der Waals surface area (Å²) in [6.45, 7) is 4.29. The minimum Gasteiger partial charge on any atom is -0.321 e. The summed E-state index contributed by atoms with van der Waals surface area (Å²) in [5, 5.41) is 0. The molecule has 90 valence electrons. The van der Waals surface area contributed by atoms with E-state index in [0.29, 0.717) is 6.04 Å². The molecular formula is C16H16N2. The van der Waals surface area contributed by atoms with Crippen LogP contribution in [0.5, 0.6) is 0 Å². The van der Waals surface area contributed by atoms with E-state index in [0.717, 1.165) is 11.3 Å². The summed E-state index contributed by atoms with van der Waals surface area (Å²) >= 11 is 0. The van der Waals surface area contributed by atoms with Crippen LogP contribution in [0, 0.1) is 6.92 Å². The summed E-state index contributed by atoms with van der Waals surface area (Å²) in [6.07, 6.45) is 0. The molecule has 0 N–H and O–H groups in total. The molecule has 0 bridgehead atoms.